The molecule has 0 bridgehead atoms. The molecule has 1 fully saturated rings. The van der Waals surface area contributed by atoms with Gasteiger partial charge in [-0.15, -0.1) is 0 Å². The van der Waals surface area contributed by atoms with Gasteiger partial charge in [-0.05, 0) is 73.2 Å². The van der Waals surface area contributed by atoms with E-state index in [1.54, 1.807) is 10.9 Å². The third-order valence-corrected chi connectivity index (χ3v) is 6.64. The summed E-state index contributed by atoms with van der Waals surface area (Å²) in [4.78, 5) is 27.9. The number of H-pyrrole nitrogens is 1. The summed E-state index contributed by atoms with van der Waals surface area (Å²) >= 11 is 0. The van der Waals surface area contributed by atoms with Crippen molar-refractivity contribution in [3.63, 3.8) is 0 Å². The van der Waals surface area contributed by atoms with E-state index >= 15 is 0 Å². The molecule has 1 aliphatic rings. The van der Waals surface area contributed by atoms with Crippen LogP contribution in [0.25, 0.3) is 21.4 Å². The molecule has 0 amide bonds. The smallest absolute Gasteiger partial charge is 0.257 e. The molecule has 0 atom stereocenters. The van der Waals surface area contributed by atoms with Crippen LogP contribution in [0.2, 0.25) is 0 Å². The van der Waals surface area contributed by atoms with Gasteiger partial charge in [0.15, 0.2) is 5.69 Å². The van der Waals surface area contributed by atoms with E-state index in [4.69, 9.17) is 6.57 Å². The topological polar surface area (TPSA) is 61.5 Å². The van der Waals surface area contributed by atoms with Gasteiger partial charge in [0, 0.05) is 55.8 Å². The van der Waals surface area contributed by atoms with Gasteiger partial charge in [0.2, 0.25) is 0 Å². The standard InChI is InChI=1S/C27H28N6O/c1-28-22-5-10-26-25(18-22)21(19-30-26)4-2-3-13-31-14-16-32(17-15-31)23-6-8-24(9-7-23)33-20-29-12-11-27(33)34/h5-12,18-20,30H,2-4,13-17H2. The highest BCUT2D eigenvalue weighted by Crippen LogP contribution is 2.25. The average Bonchev–Trinajstić information content (AvgIpc) is 3.29. The molecule has 7 heteroatoms. The van der Waals surface area contributed by atoms with Crippen LogP contribution in [0.3, 0.4) is 0 Å². The number of anilines is 1. The number of hydrogen-bond donors (Lipinski definition) is 1. The first-order valence-electron chi connectivity index (χ1n) is 11.8. The number of hydrogen-bond acceptors (Lipinski definition) is 4. The highest BCUT2D eigenvalue weighted by molar-refractivity contribution is 5.86. The first-order valence-corrected chi connectivity index (χ1v) is 11.8. The monoisotopic (exact) mass is 452 g/mol. The van der Waals surface area contributed by atoms with Crippen molar-refractivity contribution >= 4 is 22.3 Å². The van der Waals surface area contributed by atoms with Gasteiger partial charge in [-0.1, -0.05) is 6.07 Å². The number of piperazine rings is 1. The number of unbranched alkanes of at least 4 members (excludes halogenated alkanes) is 1. The Morgan fingerprint density at radius 2 is 1.76 bits per heavy atom. The molecule has 3 heterocycles. The first-order chi connectivity index (χ1) is 16.7. The quantitative estimate of drug-likeness (QED) is 0.333. The fraction of sp³-hybridized carbons (Fsp3) is 0.296. The predicted molar refractivity (Wildman–Crippen MR) is 136 cm³/mol. The van der Waals surface area contributed by atoms with Crippen LogP contribution in [0.1, 0.15) is 18.4 Å². The predicted octanol–water partition coefficient (Wildman–Crippen LogP) is 4.41. The zero-order chi connectivity index (χ0) is 23.3. The molecule has 2 aromatic carbocycles. The second-order valence-corrected chi connectivity index (χ2v) is 8.75. The lowest BCUT2D eigenvalue weighted by Gasteiger charge is -2.36. The molecular weight excluding hydrogens is 424 g/mol. The Morgan fingerprint density at radius 1 is 0.971 bits per heavy atom. The van der Waals surface area contributed by atoms with Crippen molar-refractivity contribution in [2.24, 2.45) is 0 Å². The summed E-state index contributed by atoms with van der Waals surface area (Å²) in [5.41, 5.74) is 5.07. The SMILES string of the molecule is [C-]#[N+]c1ccc2[nH]cc(CCCCN3CCN(c4ccc(-n5cnccc5=O)cc4)CC3)c2c1. The largest absolute Gasteiger partial charge is 0.369 e. The van der Waals surface area contributed by atoms with Crippen LogP contribution in [0, 0.1) is 6.57 Å². The Kier molecular flexibility index (Phi) is 6.41. The lowest BCUT2D eigenvalue weighted by atomic mass is 10.1. The van der Waals surface area contributed by atoms with E-state index < -0.39 is 0 Å². The third-order valence-electron chi connectivity index (χ3n) is 6.64. The van der Waals surface area contributed by atoms with E-state index in [1.807, 2.05) is 30.3 Å². The molecule has 0 aliphatic carbocycles. The number of aryl methyl sites for hydroxylation is 1. The van der Waals surface area contributed by atoms with Gasteiger partial charge in [0.25, 0.3) is 5.56 Å². The molecular formula is C27H28N6O. The zero-order valence-electron chi connectivity index (χ0n) is 19.2. The second-order valence-electron chi connectivity index (χ2n) is 8.75. The number of nitrogens with zero attached hydrogens (tertiary/aromatic N) is 5. The van der Waals surface area contributed by atoms with E-state index in [1.165, 1.54) is 35.3 Å². The van der Waals surface area contributed by atoms with Crippen molar-refractivity contribution in [1.29, 1.82) is 0 Å². The molecule has 2 aromatic heterocycles. The molecule has 5 rings (SSSR count). The summed E-state index contributed by atoms with van der Waals surface area (Å²) in [5, 5.41) is 1.18. The minimum atomic E-state index is -0.0748. The van der Waals surface area contributed by atoms with Gasteiger partial charge in [-0.2, -0.15) is 0 Å². The summed E-state index contributed by atoms with van der Waals surface area (Å²) in [6.45, 7) is 12.5. The molecule has 0 radical (unpaired) electrons. The molecule has 1 saturated heterocycles. The van der Waals surface area contributed by atoms with Crippen molar-refractivity contribution in [1.82, 2.24) is 19.4 Å². The fourth-order valence-electron chi connectivity index (χ4n) is 4.69. The van der Waals surface area contributed by atoms with Crippen molar-refractivity contribution in [3.05, 3.63) is 94.6 Å². The van der Waals surface area contributed by atoms with Crippen LogP contribution < -0.4 is 10.5 Å². The number of aromatic amines is 1. The third kappa shape index (κ3) is 4.73. The zero-order valence-corrected chi connectivity index (χ0v) is 19.2. The average molecular weight is 453 g/mol. The summed E-state index contributed by atoms with van der Waals surface area (Å²) in [6, 6.07) is 15.5. The fourth-order valence-corrected chi connectivity index (χ4v) is 4.69. The van der Waals surface area contributed by atoms with E-state index in [0.717, 1.165) is 56.8 Å². The van der Waals surface area contributed by atoms with E-state index in [9.17, 15) is 4.79 Å². The van der Waals surface area contributed by atoms with Gasteiger partial charge in [-0.25, -0.2) is 9.83 Å². The van der Waals surface area contributed by atoms with Crippen LogP contribution in [0.15, 0.2) is 72.0 Å². The molecule has 0 spiro atoms. The molecule has 0 saturated carbocycles. The summed E-state index contributed by atoms with van der Waals surface area (Å²) in [7, 11) is 0. The lowest BCUT2D eigenvalue weighted by molar-refractivity contribution is 0.253. The second kappa shape index (κ2) is 9.94. The highest BCUT2D eigenvalue weighted by Gasteiger charge is 2.17. The van der Waals surface area contributed by atoms with Crippen LogP contribution >= 0.6 is 0 Å². The lowest BCUT2D eigenvalue weighted by Crippen LogP contribution is -2.46. The minimum Gasteiger partial charge on any atom is -0.369 e. The molecule has 34 heavy (non-hydrogen) atoms. The maximum Gasteiger partial charge on any atom is 0.257 e. The van der Waals surface area contributed by atoms with Crippen LogP contribution in [0.5, 0.6) is 0 Å². The van der Waals surface area contributed by atoms with Gasteiger partial charge in [-0.3, -0.25) is 14.3 Å². The Balaban J connectivity index is 1.09. The number of aromatic nitrogens is 3. The number of fused-ring (bicyclic) bond motifs is 1. The Hall–Kier alpha value is -3.89. The normalized spacial score (nSPS) is 14.4. The summed E-state index contributed by atoms with van der Waals surface area (Å²) in [6.07, 6.45) is 8.51. The molecule has 172 valence electrons. The molecule has 1 N–H and O–H groups in total. The van der Waals surface area contributed by atoms with Crippen LogP contribution in [-0.2, 0) is 6.42 Å². The van der Waals surface area contributed by atoms with Gasteiger partial charge in [0.1, 0.15) is 6.33 Å². The molecule has 4 aromatic rings. The van der Waals surface area contributed by atoms with Crippen LogP contribution in [-0.4, -0.2) is 52.2 Å². The van der Waals surface area contributed by atoms with Gasteiger partial charge in [0.05, 0.1) is 12.3 Å². The van der Waals surface area contributed by atoms with Crippen LogP contribution in [0.4, 0.5) is 11.4 Å². The number of nitrogens with one attached hydrogen (secondary N) is 1. The maximum absolute atomic E-state index is 12.0. The van der Waals surface area contributed by atoms with Crippen molar-refractivity contribution < 1.29 is 0 Å². The maximum atomic E-state index is 12.0. The minimum absolute atomic E-state index is 0.0748. The highest BCUT2D eigenvalue weighted by atomic mass is 16.1. The Morgan fingerprint density at radius 3 is 2.53 bits per heavy atom. The Labute approximate surface area is 199 Å². The molecule has 0 unspecified atom stereocenters. The van der Waals surface area contributed by atoms with Crippen molar-refractivity contribution in [2.45, 2.75) is 19.3 Å². The van der Waals surface area contributed by atoms with E-state index in [-0.39, 0.29) is 5.56 Å². The molecule has 7 nitrogen and oxygen atoms in total. The van der Waals surface area contributed by atoms with Crippen molar-refractivity contribution in [3.8, 4) is 5.69 Å². The van der Waals surface area contributed by atoms with E-state index in [2.05, 4.69) is 42.9 Å². The number of rotatable bonds is 7. The first kappa shape index (κ1) is 21.9. The Bertz CT molecular complexity index is 1360. The molecule has 1 aliphatic heterocycles. The summed E-state index contributed by atoms with van der Waals surface area (Å²) < 4.78 is 1.56. The van der Waals surface area contributed by atoms with Gasteiger partial charge >= 0.3 is 0 Å². The van der Waals surface area contributed by atoms with Gasteiger partial charge < -0.3 is 9.88 Å². The van der Waals surface area contributed by atoms with Crippen molar-refractivity contribution in [2.75, 3.05) is 37.6 Å². The summed E-state index contributed by atoms with van der Waals surface area (Å²) in [5.74, 6) is 0. The number of benzene rings is 2. The van der Waals surface area contributed by atoms with E-state index in [0.29, 0.717) is 5.69 Å².